The van der Waals surface area contributed by atoms with Crippen molar-refractivity contribution >= 4 is 28.4 Å². The Morgan fingerprint density at radius 1 is 1.41 bits per heavy atom. The maximum absolute atomic E-state index is 12.3. The number of hydrogen-bond acceptors (Lipinski definition) is 3. The van der Waals surface area contributed by atoms with Gasteiger partial charge >= 0.3 is 0 Å². The fourth-order valence-corrected chi connectivity index (χ4v) is 2.14. The Morgan fingerprint density at radius 3 is 2.82 bits per heavy atom. The number of pyridine rings is 1. The summed E-state index contributed by atoms with van der Waals surface area (Å²) in [5.41, 5.74) is 5.95. The molecule has 2 aromatic rings. The number of benzene rings is 1. The molecule has 0 radical (unpaired) electrons. The van der Waals surface area contributed by atoms with Crippen molar-refractivity contribution in [3.8, 4) is 0 Å². The second kappa shape index (κ2) is 4.84. The number of aromatic nitrogens is 1. The van der Waals surface area contributed by atoms with Crippen LogP contribution in [0.25, 0.3) is 10.8 Å². The maximum Gasteiger partial charge on any atom is 0.260 e. The molecule has 0 spiro atoms. The van der Waals surface area contributed by atoms with Crippen LogP contribution in [-0.4, -0.2) is 16.1 Å². The summed E-state index contributed by atoms with van der Waals surface area (Å²) in [6, 6.07) is 9.41. The van der Waals surface area contributed by atoms with Gasteiger partial charge in [0, 0.05) is 17.2 Å². The normalized spacial score (nSPS) is 12.8. The van der Waals surface area contributed by atoms with E-state index in [1.807, 2.05) is 36.6 Å². The SMILES string of the molecule is CSC(C)Cn1c(N)cc2ccccc2c1=O. The summed E-state index contributed by atoms with van der Waals surface area (Å²) in [5.74, 6) is 0.537. The Balaban J connectivity index is 2.60. The van der Waals surface area contributed by atoms with Crippen LogP contribution < -0.4 is 11.3 Å². The predicted octanol–water partition coefficient (Wildman–Crippen LogP) is 2.34. The molecular weight excluding hydrogens is 232 g/mol. The highest BCUT2D eigenvalue weighted by atomic mass is 32.2. The fourth-order valence-electron chi connectivity index (χ4n) is 1.84. The summed E-state index contributed by atoms with van der Waals surface area (Å²) in [5, 5.41) is 2.01. The van der Waals surface area contributed by atoms with Crippen LogP contribution in [0.4, 0.5) is 5.82 Å². The van der Waals surface area contributed by atoms with Crippen molar-refractivity contribution in [1.29, 1.82) is 0 Å². The molecule has 17 heavy (non-hydrogen) atoms. The number of fused-ring (bicyclic) bond motifs is 1. The number of nitrogens with zero attached hydrogens (tertiary/aromatic N) is 1. The van der Waals surface area contributed by atoms with Gasteiger partial charge in [0.05, 0.1) is 0 Å². The summed E-state index contributed by atoms with van der Waals surface area (Å²) in [4.78, 5) is 12.3. The van der Waals surface area contributed by atoms with E-state index in [0.717, 1.165) is 10.8 Å². The summed E-state index contributed by atoms with van der Waals surface area (Å²) in [6.07, 6.45) is 2.03. The highest BCUT2D eigenvalue weighted by Gasteiger charge is 2.09. The smallest absolute Gasteiger partial charge is 0.260 e. The van der Waals surface area contributed by atoms with Crippen molar-refractivity contribution < 1.29 is 0 Å². The third-order valence-electron chi connectivity index (χ3n) is 2.89. The molecule has 0 saturated heterocycles. The molecule has 0 aliphatic heterocycles. The molecule has 0 aliphatic carbocycles. The first-order valence-corrected chi connectivity index (χ1v) is 6.83. The molecule has 0 saturated carbocycles. The van der Waals surface area contributed by atoms with Gasteiger partial charge in [-0.05, 0) is 23.8 Å². The van der Waals surface area contributed by atoms with Crippen LogP contribution in [0.5, 0.6) is 0 Å². The molecule has 4 heteroatoms. The first-order valence-electron chi connectivity index (χ1n) is 5.54. The van der Waals surface area contributed by atoms with Crippen LogP contribution in [0.1, 0.15) is 6.92 Å². The third kappa shape index (κ3) is 2.31. The molecule has 1 aromatic carbocycles. The average Bonchev–Trinajstić information content (AvgIpc) is 2.34. The lowest BCUT2D eigenvalue weighted by atomic mass is 10.1. The summed E-state index contributed by atoms with van der Waals surface area (Å²) in [6.45, 7) is 2.74. The highest BCUT2D eigenvalue weighted by Crippen LogP contribution is 2.15. The van der Waals surface area contributed by atoms with E-state index in [9.17, 15) is 4.79 Å². The quantitative estimate of drug-likeness (QED) is 0.907. The van der Waals surface area contributed by atoms with Gasteiger partial charge in [0.2, 0.25) is 0 Å². The molecule has 2 N–H and O–H groups in total. The minimum absolute atomic E-state index is 0.00139. The number of nitrogen functional groups attached to an aromatic ring is 1. The van der Waals surface area contributed by atoms with Gasteiger partial charge in [-0.3, -0.25) is 9.36 Å². The number of hydrogen-bond donors (Lipinski definition) is 1. The first kappa shape index (κ1) is 12.0. The van der Waals surface area contributed by atoms with E-state index >= 15 is 0 Å². The maximum atomic E-state index is 12.3. The van der Waals surface area contributed by atoms with Crippen LogP contribution >= 0.6 is 11.8 Å². The van der Waals surface area contributed by atoms with E-state index in [2.05, 4.69) is 6.92 Å². The Bertz CT molecular complexity index is 591. The molecular formula is C13H16N2OS. The minimum Gasteiger partial charge on any atom is -0.385 e. The average molecular weight is 248 g/mol. The number of rotatable bonds is 3. The van der Waals surface area contributed by atoms with Gasteiger partial charge in [-0.1, -0.05) is 25.1 Å². The van der Waals surface area contributed by atoms with Gasteiger partial charge in [-0.2, -0.15) is 11.8 Å². The predicted molar refractivity (Wildman–Crippen MR) is 75.6 cm³/mol. The van der Waals surface area contributed by atoms with Gasteiger partial charge < -0.3 is 5.73 Å². The Labute approximate surface area is 105 Å². The molecule has 0 amide bonds. The highest BCUT2D eigenvalue weighted by molar-refractivity contribution is 7.99. The van der Waals surface area contributed by atoms with Gasteiger partial charge in [0.1, 0.15) is 5.82 Å². The van der Waals surface area contributed by atoms with Gasteiger partial charge in [0.15, 0.2) is 0 Å². The third-order valence-corrected chi connectivity index (χ3v) is 3.85. The van der Waals surface area contributed by atoms with E-state index in [4.69, 9.17) is 5.73 Å². The van der Waals surface area contributed by atoms with Crippen molar-refractivity contribution in [1.82, 2.24) is 4.57 Å². The van der Waals surface area contributed by atoms with Crippen molar-refractivity contribution in [3.63, 3.8) is 0 Å². The van der Waals surface area contributed by atoms with Crippen LogP contribution in [0.15, 0.2) is 35.1 Å². The van der Waals surface area contributed by atoms with Gasteiger partial charge in [-0.15, -0.1) is 0 Å². The molecule has 1 heterocycles. The number of thioether (sulfide) groups is 1. The van der Waals surface area contributed by atoms with Crippen molar-refractivity contribution in [2.75, 3.05) is 12.0 Å². The first-order chi connectivity index (χ1) is 8.13. The fraction of sp³-hybridized carbons (Fsp3) is 0.308. The van der Waals surface area contributed by atoms with Crippen molar-refractivity contribution in [2.24, 2.45) is 0 Å². The zero-order chi connectivity index (χ0) is 12.4. The molecule has 1 atom stereocenters. The summed E-state index contributed by atoms with van der Waals surface area (Å²) < 4.78 is 1.66. The Kier molecular flexibility index (Phi) is 3.43. The molecule has 0 fully saturated rings. The topological polar surface area (TPSA) is 48.0 Å². The van der Waals surface area contributed by atoms with E-state index in [-0.39, 0.29) is 5.56 Å². The molecule has 1 unspecified atom stereocenters. The van der Waals surface area contributed by atoms with Crippen LogP contribution in [-0.2, 0) is 6.54 Å². The largest absolute Gasteiger partial charge is 0.385 e. The second-order valence-electron chi connectivity index (χ2n) is 4.12. The summed E-state index contributed by atoms with van der Waals surface area (Å²) in [7, 11) is 0. The Morgan fingerprint density at radius 2 is 2.12 bits per heavy atom. The lowest BCUT2D eigenvalue weighted by Crippen LogP contribution is -2.26. The van der Waals surface area contributed by atoms with E-state index in [1.54, 1.807) is 16.3 Å². The second-order valence-corrected chi connectivity index (χ2v) is 5.39. The lowest BCUT2D eigenvalue weighted by molar-refractivity contribution is 0.681. The molecule has 3 nitrogen and oxygen atoms in total. The summed E-state index contributed by atoms with van der Waals surface area (Å²) >= 11 is 1.73. The van der Waals surface area contributed by atoms with Crippen LogP contribution in [0, 0.1) is 0 Å². The minimum atomic E-state index is 0.00139. The van der Waals surface area contributed by atoms with E-state index in [0.29, 0.717) is 17.6 Å². The molecule has 0 aliphatic rings. The lowest BCUT2D eigenvalue weighted by Gasteiger charge is -2.14. The zero-order valence-electron chi connectivity index (χ0n) is 10.0. The van der Waals surface area contributed by atoms with E-state index < -0.39 is 0 Å². The number of nitrogens with two attached hydrogens (primary N) is 1. The van der Waals surface area contributed by atoms with Gasteiger partial charge in [-0.25, -0.2) is 0 Å². The van der Waals surface area contributed by atoms with Gasteiger partial charge in [0.25, 0.3) is 5.56 Å². The monoisotopic (exact) mass is 248 g/mol. The van der Waals surface area contributed by atoms with E-state index in [1.165, 1.54) is 0 Å². The zero-order valence-corrected chi connectivity index (χ0v) is 10.8. The standard InChI is InChI=1S/C13H16N2OS/c1-9(17-2)8-15-12(14)7-10-5-3-4-6-11(10)13(15)16/h3-7,9H,8,14H2,1-2H3. The Hall–Kier alpha value is -1.42. The van der Waals surface area contributed by atoms with Crippen LogP contribution in [0.3, 0.4) is 0 Å². The molecule has 2 rings (SSSR count). The van der Waals surface area contributed by atoms with Crippen molar-refractivity contribution in [2.45, 2.75) is 18.7 Å². The van der Waals surface area contributed by atoms with Crippen molar-refractivity contribution in [3.05, 3.63) is 40.7 Å². The molecule has 0 bridgehead atoms. The van der Waals surface area contributed by atoms with Crippen LogP contribution in [0.2, 0.25) is 0 Å². The molecule has 1 aromatic heterocycles. The number of anilines is 1. The molecule has 90 valence electrons.